The number of primary amides is 1. The summed E-state index contributed by atoms with van der Waals surface area (Å²) in [6.07, 6.45) is 0.583. The zero-order chi connectivity index (χ0) is 13.3. The van der Waals surface area contributed by atoms with Crippen molar-refractivity contribution in [2.45, 2.75) is 25.8 Å². The van der Waals surface area contributed by atoms with E-state index >= 15 is 0 Å². The summed E-state index contributed by atoms with van der Waals surface area (Å²) in [7, 11) is 0. The molecule has 6 heteroatoms. The molecule has 1 aromatic rings. The van der Waals surface area contributed by atoms with Crippen LogP contribution in [-0.2, 0) is 16.0 Å². The molecule has 0 spiro atoms. The fourth-order valence-corrected chi connectivity index (χ4v) is 2.04. The van der Waals surface area contributed by atoms with Crippen LogP contribution in [0.4, 0.5) is 17.1 Å². The van der Waals surface area contributed by atoms with Crippen molar-refractivity contribution in [2.75, 3.05) is 16.4 Å². The molecule has 18 heavy (non-hydrogen) atoms. The minimum atomic E-state index is -0.372. The Kier molecular flexibility index (Phi) is 3.10. The molecule has 1 aliphatic heterocycles. The van der Waals surface area contributed by atoms with Crippen LogP contribution in [0.3, 0.4) is 0 Å². The molecule has 1 aliphatic rings. The summed E-state index contributed by atoms with van der Waals surface area (Å²) in [6.45, 7) is 1.84. The molecule has 0 saturated heterocycles. The molecule has 0 radical (unpaired) electrons. The smallest absolute Gasteiger partial charge is 0.228 e. The van der Waals surface area contributed by atoms with E-state index in [2.05, 4.69) is 10.6 Å². The Labute approximate surface area is 105 Å². The maximum absolute atomic E-state index is 11.3. The molecular formula is C12H16N4O2. The Morgan fingerprint density at radius 1 is 1.56 bits per heavy atom. The third kappa shape index (κ3) is 2.53. The molecule has 0 aliphatic carbocycles. The summed E-state index contributed by atoms with van der Waals surface area (Å²) in [6, 6.07) is 3.44. The van der Waals surface area contributed by atoms with Gasteiger partial charge in [-0.1, -0.05) is 0 Å². The SMILES string of the molecule is CC(CC(N)=O)Nc1cc2c(cc1N)CC(=O)N2. The predicted molar refractivity (Wildman–Crippen MR) is 70.1 cm³/mol. The number of carbonyl (C=O) groups excluding carboxylic acids is 2. The van der Waals surface area contributed by atoms with Gasteiger partial charge in [0.25, 0.3) is 0 Å². The number of hydrogen-bond acceptors (Lipinski definition) is 4. The highest BCUT2D eigenvalue weighted by molar-refractivity contribution is 6.00. The number of anilines is 3. The Morgan fingerprint density at radius 3 is 2.94 bits per heavy atom. The van der Waals surface area contributed by atoms with Crippen molar-refractivity contribution in [1.82, 2.24) is 0 Å². The van der Waals surface area contributed by atoms with Gasteiger partial charge in [0.15, 0.2) is 0 Å². The average molecular weight is 248 g/mol. The third-order valence-electron chi connectivity index (χ3n) is 2.81. The lowest BCUT2D eigenvalue weighted by atomic mass is 10.1. The van der Waals surface area contributed by atoms with Crippen LogP contribution in [-0.4, -0.2) is 17.9 Å². The Balaban J connectivity index is 2.17. The molecular weight excluding hydrogens is 232 g/mol. The van der Waals surface area contributed by atoms with Crippen molar-refractivity contribution >= 4 is 28.9 Å². The van der Waals surface area contributed by atoms with Crippen molar-refractivity contribution in [1.29, 1.82) is 0 Å². The van der Waals surface area contributed by atoms with E-state index in [4.69, 9.17) is 11.5 Å². The van der Waals surface area contributed by atoms with E-state index in [9.17, 15) is 9.59 Å². The minimum absolute atomic E-state index is 0.0354. The number of fused-ring (bicyclic) bond motifs is 1. The van der Waals surface area contributed by atoms with Gasteiger partial charge >= 0.3 is 0 Å². The fraction of sp³-hybridized carbons (Fsp3) is 0.333. The van der Waals surface area contributed by atoms with E-state index in [1.165, 1.54) is 0 Å². The number of benzene rings is 1. The second-order valence-electron chi connectivity index (χ2n) is 4.54. The molecule has 0 bridgehead atoms. The fourth-order valence-electron chi connectivity index (χ4n) is 2.04. The second kappa shape index (κ2) is 4.56. The van der Waals surface area contributed by atoms with Gasteiger partial charge in [0, 0.05) is 18.2 Å². The highest BCUT2D eigenvalue weighted by Gasteiger charge is 2.19. The van der Waals surface area contributed by atoms with E-state index < -0.39 is 0 Å². The predicted octanol–water partition coefficient (Wildman–Crippen LogP) is 0.439. The van der Waals surface area contributed by atoms with E-state index in [0.29, 0.717) is 17.8 Å². The van der Waals surface area contributed by atoms with Gasteiger partial charge in [0.05, 0.1) is 17.8 Å². The second-order valence-corrected chi connectivity index (χ2v) is 4.54. The van der Waals surface area contributed by atoms with Gasteiger partial charge in [-0.25, -0.2) is 0 Å². The summed E-state index contributed by atoms with van der Waals surface area (Å²) in [5.41, 5.74) is 13.9. The van der Waals surface area contributed by atoms with Crippen LogP contribution in [0.2, 0.25) is 0 Å². The van der Waals surface area contributed by atoms with Gasteiger partial charge in [-0.15, -0.1) is 0 Å². The normalized spacial score (nSPS) is 14.8. The lowest BCUT2D eigenvalue weighted by molar-refractivity contribution is -0.118. The number of nitrogen functional groups attached to an aromatic ring is 1. The molecule has 6 N–H and O–H groups in total. The standard InChI is InChI=1S/C12H16N4O2/c1-6(2-11(14)17)15-10-5-9-7(3-8(10)13)4-12(18)16-9/h3,5-6,15H,2,4,13H2,1H3,(H2,14,17)(H,16,18). The van der Waals surface area contributed by atoms with Crippen molar-refractivity contribution in [2.24, 2.45) is 5.73 Å². The number of nitrogens with one attached hydrogen (secondary N) is 2. The zero-order valence-corrected chi connectivity index (χ0v) is 10.1. The van der Waals surface area contributed by atoms with Gasteiger partial charge < -0.3 is 22.1 Å². The minimum Gasteiger partial charge on any atom is -0.397 e. The summed E-state index contributed by atoms with van der Waals surface area (Å²) in [5.74, 6) is -0.408. The first-order valence-corrected chi connectivity index (χ1v) is 5.73. The van der Waals surface area contributed by atoms with Crippen molar-refractivity contribution in [3.05, 3.63) is 17.7 Å². The van der Waals surface area contributed by atoms with E-state index in [1.54, 1.807) is 12.1 Å². The molecule has 1 aromatic carbocycles. The lowest BCUT2D eigenvalue weighted by Gasteiger charge is -2.16. The highest BCUT2D eigenvalue weighted by atomic mass is 16.2. The quantitative estimate of drug-likeness (QED) is 0.579. The Morgan fingerprint density at radius 2 is 2.28 bits per heavy atom. The molecule has 0 aromatic heterocycles. The molecule has 2 amide bonds. The van der Waals surface area contributed by atoms with Crippen LogP contribution in [0.25, 0.3) is 0 Å². The maximum atomic E-state index is 11.3. The first kappa shape index (κ1) is 12.2. The number of amides is 2. The highest BCUT2D eigenvalue weighted by Crippen LogP contribution is 2.31. The van der Waals surface area contributed by atoms with Crippen LogP contribution in [0.15, 0.2) is 12.1 Å². The summed E-state index contributed by atoms with van der Waals surface area (Å²) in [4.78, 5) is 22.1. The maximum Gasteiger partial charge on any atom is 0.228 e. The molecule has 0 saturated carbocycles. The molecule has 1 unspecified atom stereocenters. The van der Waals surface area contributed by atoms with Crippen LogP contribution in [0, 0.1) is 0 Å². The van der Waals surface area contributed by atoms with Crippen molar-refractivity contribution < 1.29 is 9.59 Å². The van der Waals surface area contributed by atoms with E-state index in [0.717, 1.165) is 11.3 Å². The van der Waals surface area contributed by atoms with E-state index in [-0.39, 0.29) is 24.3 Å². The third-order valence-corrected chi connectivity index (χ3v) is 2.81. The number of carbonyl (C=O) groups is 2. The first-order chi connectivity index (χ1) is 8.45. The van der Waals surface area contributed by atoms with Gasteiger partial charge in [-0.3, -0.25) is 9.59 Å². The number of hydrogen-bond donors (Lipinski definition) is 4. The largest absolute Gasteiger partial charge is 0.397 e. The summed E-state index contributed by atoms with van der Waals surface area (Å²) < 4.78 is 0. The average Bonchev–Trinajstić information content (AvgIpc) is 2.56. The van der Waals surface area contributed by atoms with Crippen molar-refractivity contribution in [3.8, 4) is 0 Å². The summed E-state index contributed by atoms with van der Waals surface area (Å²) >= 11 is 0. The Bertz CT molecular complexity index is 513. The van der Waals surface area contributed by atoms with Gasteiger partial charge in [-0.05, 0) is 24.6 Å². The van der Waals surface area contributed by atoms with Crippen molar-refractivity contribution in [3.63, 3.8) is 0 Å². The van der Waals surface area contributed by atoms with Gasteiger partial charge in [-0.2, -0.15) is 0 Å². The molecule has 1 atom stereocenters. The lowest BCUT2D eigenvalue weighted by Crippen LogP contribution is -2.24. The first-order valence-electron chi connectivity index (χ1n) is 5.73. The van der Waals surface area contributed by atoms with Crippen LogP contribution in [0.1, 0.15) is 18.9 Å². The zero-order valence-electron chi connectivity index (χ0n) is 10.1. The molecule has 0 fully saturated rings. The summed E-state index contributed by atoms with van der Waals surface area (Å²) in [5, 5.41) is 5.86. The topological polar surface area (TPSA) is 110 Å². The van der Waals surface area contributed by atoms with Crippen LogP contribution < -0.4 is 22.1 Å². The van der Waals surface area contributed by atoms with Gasteiger partial charge in [0.2, 0.25) is 11.8 Å². The van der Waals surface area contributed by atoms with Crippen LogP contribution >= 0.6 is 0 Å². The van der Waals surface area contributed by atoms with Gasteiger partial charge in [0.1, 0.15) is 0 Å². The molecule has 1 heterocycles. The monoisotopic (exact) mass is 248 g/mol. The van der Waals surface area contributed by atoms with Crippen LogP contribution in [0.5, 0.6) is 0 Å². The molecule has 6 nitrogen and oxygen atoms in total. The molecule has 2 rings (SSSR count). The Hall–Kier alpha value is -2.24. The number of rotatable bonds is 4. The molecule has 96 valence electrons. The number of nitrogens with two attached hydrogens (primary N) is 2. The van der Waals surface area contributed by atoms with E-state index in [1.807, 2.05) is 6.92 Å².